The molecule has 1 aliphatic carbocycles. The van der Waals surface area contributed by atoms with Gasteiger partial charge in [-0.3, -0.25) is 4.79 Å². The molecule has 4 nitrogen and oxygen atoms in total. The van der Waals surface area contributed by atoms with Gasteiger partial charge in [-0.1, -0.05) is 24.3 Å². The molecule has 0 saturated carbocycles. The van der Waals surface area contributed by atoms with E-state index in [1.54, 1.807) is 45.0 Å². The van der Waals surface area contributed by atoms with Crippen LogP contribution in [0.1, 0.15) is 54.6 Å². The molecule has 3 rings (SSSR count). The van der Waals surface area contributed by atoms with E-state index in [0.29, 0.717) is 11.1 Å². The summed E-state index contributed by atoms with van der Waals surface area (Å²) in [5.41, 5.74) is 0.379. The third-order valence-corrected chi connectivity index (χ3v) is 4.40. The molecule has 0 heterocycles. The van der Waals surface area contributed by atoms with Crippen molar-refractivity contribution in [2.75, 3.05) is 0 Å². The quantitative estimate of drug-likeness (QED) is 0.839. The van der Waals surface area contributed by atoms with Crippen LogP contribution in [0.5, 0.6) is 0 Å². The maximum Gasteiger partial charge on any atom is 0.407 e. The molecule has 1 N–H and O–H groups in total. The lowest BCUT2D eigenvalue weighted by atomic mass is 9.75. The Kier molecular flexibility index (Phi) is 5.00. The maximum absolute atomic E-state index is 14.5. The van der Waals surface area contributed by atoms with Crippen LogP contribution >= 0.6 is 0 Å². The average Bonchev–Trinajstić information content (AvgIpc) is 2.56. The minimum atomic E-state index is -0.751. The molecule has 2 aromatic rings. The van der Waals surface area contributed by atoms with Gasteiger partial charge < -0.3 is 10.1 Å². The Labute approximate surface area is 156 Å². The van der Waals surface area contributed by atoms with E-state index >= 15 is 0 Å². The Morgan fingerprint density at radius 3 is 2.52 bits per heavy atom. The van der Waals surface area contributed by atoms with Gasteiger partial charge in [0, 0.05) is 23.5 Å². The van der Waals surface area contributed by atoms with Crippen LogP contribution in [0.3, 0.4) is 0 Å². The molecule has 1 amide bonds. The van der Waals surface area contributed by atoms with Crippen LogP contribution in [0.25, 0.3) is 0 Å². The first-order chi connectivity index (χ1) is 12.7. The topological polar surface area (TPSA) is 55.4 Å². The molecule has 0 saturated heterocycles. The monoisotopic (exact) mass is 373 g/mol. The third kappa shape index (κ3) is 4.15. The van der Waals surface area contributed by atoms with Crippen molar-refractivity contribution in [3.8, 4) is 0 Å². The minimum Gasteiger partial charge on any atom is -0.444 e. The maximum atomic E-state index is 14.5. The van der Waals surface area contributed by atoms with E-state index in [0.717, 1.165) is 18.2 Å². The summed E-state index contributed by atoms with van der Waals surface area (Å²) in [4.78, 5) is 24.8. The highest BCUT2D eigenvalue weighted by Gasteiger charge is 2.38. The van der Waals surface area contributed by atoms with E-state index in [1.807, 2.05) is 0 Å². The highest BCUT2D eigenvalue weighted by atomic mass is 19.1. The second-order valence-corrected chi connectivity index (χ2v) is 7.61. The zero-order valence-electron chi connectivity index (χ0n) is 15.4. The number of benzene rings is 2. The third-order valence-electron chi connectivity index (χ3n) is 4.40. The predicted molar refractivity (Wildman–Crippen MR) is 96.7 cm³/mol. The molecule has 27 heavy (non-hydrogen) atoms. The Morgan fingerprint density at radius 2 is 1.81 bits per heavy atom. The van der Waals surface area contributed by atoms with Crippen molar-refractivity contribution >= 4 is 11.9 Å². The van der Waals surface area contributed by atoms with Crippen LogP contribution in [0, 0.1) is 11.6 Å². The van der Waals surface area contributed by atoms with Crippen LogP contribution in [0.15, 0.2) is 42.5 Å². The molecule has 0 unspecified atom stereocenters. The predicted octanol–water partition coefficient (Wildman–Crippen LogP) is 4.58. The summed E-state index contributed by atoms with van der Waals surface area (Å²) in [6.07, 6.45) is -0.738. The van der Waals surface area contributed by atoms with Crippen molar-refractivity contribution in [1.29, 1.82) is 0 Å². The number of hydrogen-bond donors (Lipinski definition) is 1. The van der Waals surface area contributed by atoms with E-state index in [2.05, 4.69) is 5.32 Å². The van der Waals surface area contributed by atoms with Crippen molar-refractivity contribution in [1.82, 2.24) is 5.32 Å². The van der Waals surface area contributed by atoms with Gasteiger partial charge in [0.05, 0.1) is 6.04 Å². The lowest BCUT2D eigenvalue weighted by molar-refractivity contribution is 0.0494. The smallest absolute Gasteiger partial charge is 0.407 e. The number of amides is 1. The van der Waals surface area contributed by atoms with Crippen LogP contribution in [0.4, 0.5) is 13.6 Å². The Balaban J connectivity index is 2.05. The molecule has 0 spiro atoms. The summed E-state index contributed by atoms with van der Waals surface area (Å²) in [5, 5.41) is 2.67. The first kappa shape index (κ1) is 19.0. The fourth-order valence-corrected chi connectivity index (χ4v) is 3.40. The van der Waals surface area contributed by atoms with Gasteiger partial charge >= 0.3 is 6.09 Å². The minimum absolute atomic E-state index is 0.0309. The highest BCUT2D eigenvalue weighted by molar-refractivity contribution is 6.00. The molecule has 2 atom stereocenters. The van der Waals surface area contributed by atoms with Crippen molar-refractivity contribution < 1.29 is 23.1 Å². The summed E-state index contributed by atoms with van der Waals surface area (Å²) in [7, 11) is 0. The van der Waals surface area contributed by atoms with E-state index in [9.17, 15) is 18.4 Å². The number of Topliss-reactive ketones (excluding diaryl/α,β-unsaturated/α-hetero) is 1. The standard InChI is InChI=1S/C21H21F2NO3/c1-21(2,3)27-20(26)24-17-11-18(25)13-6-4-5-7-14(13)19(17)15-10-12(22)8-9-16(15)23/h4-10,17,19H,11H2,1-3H3,(H,24,26)/t17-,19+/m0/s1. The number of rotatable bonds is 2. The molecule has 0 fully saturated rings. The SMILES string of the molecule is CC(C)(C)OC(=O)N[C@H]1CC(=O)c2ccccc2[C@@H]1c1cc(F)ccc1F. The van der Waals surface area contributed by atoms with Gasteiger partial charge in [0.15, 0.2) is 5.78 Å². The van der Waals surface area contributed by atoms with E-state index in [4.69, 9.17) is 4.74 Å². The van der Waals surface area contributed by atoms with Crippen molar-refractivity contribution in [3.63, 3.8) is 0 Å². The fourth-order valence-electron chi connectivity index (χ4n) is 3.40. The van der Waals surface area contributed by atoms with Crippen LogP contribution < -0.4 is 5.32 Å². The number of carbonyl (C=O) groups excluding carboxylic acids is 2. The van der Waals surface area contributed by atoms with Gasteiger partial charge in [-0.05, 0) is 44.5 Å². The van der Waals surface area contributed by atoms with Crippen molar-refractivity contribution in [2.24, 2.45) is 0 Å². The molecule has 0 aliphatic heterocycles. The highest BCUT2D eigenvalue weighted by Crippen LogP contribution is 2.38. The lowest BCUT2D eigenvalue weighted by Gasteiger charge is -2.34. The molecule has 1 aliphatic rings. The molecular weight excluding hydrogens is 352 g/mol. The van der Waals surface area contributed by atoms with Gasteiger partial charge in [0.1, 0.15) is 17.2 Å². The van der Waals surface area contributed by atoms with Gasteiger partial charge in [0.25, 0.3) is 0 Å². The summed E-state index contributed by atoms with van der Waals surface area (Å²) >= 11 is 0. The number of nitrogens with one attached hydrogen (secondary N) is 1. The van der Waals surface area contributed by atoms with Gasteiger partial charge in [-0.2, -0.15) is 0 Å². The number of halogens is 2. The number of alkyl carbamates (subject to hydrolysis) is 1. The number of ether oxygens (including phenoxy) is 1. The zero-order chi connectivity index (χ0) is 19.8. The van der Waals surface area contributed by atoms with E-state index < -0.39 is 35.3 Å². The molecule has 0 radical (unpaired) electrons. The van der Waals surface area contributed by atoms with Gasteiger partial charge in [-0.15, -0.1) is 0 Å². The average molecular weight is 373 g/mol. The number of hydrogen-bond acceptors (Lipinski definition) is 3. The van der Waals surface area contributed by atoms with Gasteiger partial charge in [-0.25, -0.2) is 13.6 Å². The summed E-state index contributed by atoms with van der Waals surface area (Å²) in [5.74, 6) is -2.06. The second kappa shape index (κ2) is 7.10. The van der Waals surface area contributed by atoms with E-state index in [-0.39, 0.29) is 17.8 Å². The lowest BCUT2D eigenvalue weighted by Crippen LogP contribution is -2.46. The number of carbonyl (C=O) groups is 2. The number of ketones is 1. The van der Waals surface area contributed by atoms with Crippen LogP contribution in [-0.2, 0) is 4.74 Å². The fraction of sp³-hybridized carbons (Fsp3) is 0.333. The molecule has 6 heteroatoms. The first-order valence-electron chi connectivity index (χ1n) is 8.72. The summed E-state index contributed by atoms with van der Waals surface area (Å²) < 4.78 is 33.6. The number of fused-ring (bicyclic) bond motifs is 1. The summed E-state index contributed by atoms with van der Waals surface area (Å²) in [6, 6.07) is 9.25. The molecule has 142 valence electrons. The van der Waals surface area contributed by atoms with Crippen LogP contribution in [-0.4, -0.2) is 23.5 Å². The van der Waals surface area contributed by atoms with Crippen molar-refractivity contribution in [3.05, 3.63) is 70.8 Å². The van der Waals surface area contributed by atoms with Crippen molar-refractivity contribution in [2.45, 2.75) is 44.8 Å². The zero-order valence-corrected chi connectivity index (χ0v) is 15.4. The Hall–Kier alpha value is -2.76. The molecule has 0 aromatic heterocycles. The molecule has 0 bridgehead atoms. The summed E-state index contributed by atoms with van der Waals surface area (Å²) in [6.45, 7) is 5.16. The molecular formula is C21H21F2NO3. The van der Waals surface area contributed by atoms with E-state index in [1.165, 1.54) is 0 Å². The Morgan fingerprint density at radius 1 is 1.11 bits per heavy atom. The van der Waals surface area contributed by atoms with Gasteiger partial charge in [0.2, 0.25) is 0 Å². The van der Waals surface area contributed by atoms with Crippen LogP contribution in [0.2, 0.25) is 0 Å². The largest absolute Gasteiger partial charge is 0.444 e. The Bertz CT molecular complexity index is 889. The second-order valence-electron chi connectivity index (χ2n) is 7.61. The normalized spacial score (nSPS) is 19.4. The first-order valence-corrected chi connectivity index (χ1v) is 8.72. The molecule has 2 aromatic carbocycles.